The standard InChI is InChI=1S/C30H22FN5O2S2/c31-20-6-8-21(9-7-20)34-19-3-5-27(34)29-28(26-4-1-2-18-32-26)33-30(39)35(29)22-10-14-24(15-11-22)40-25-16-12-23(13-17-25)36(37)38/h1-19,28-29H,(H,33,39)/t28-,29-/m1/s1. The Kier molecular flexibility index (Phi) is 7.02. The molecule has 5 aromatic rings. The SMILES string of the molecule is O=[N+]([O-])c1ccc(Sc2ccc(N3C(=S)N[C@H](c4ccccn4)[C@H]3c3cccn3-c3ccc(F)cc3)cc2)cc1. The van der Waals surface area contributed by atoms with Gasteiger partial charge in [-0.15, -0.1) is 0 Å². The second-order valence-corrected chi connectivity index (χ2v) is 10.7. The van der Waals surface area contributed by atoms with Crippen molar-refractivity contribution in [2.45, 2.75) is 21.9 Å². The van der Waals surface area contributed by atoms with Crippen LogP contribution in [-0.2, 0) is 0 Å². The van der Waals surface area contributed by atoms with Crippen LogP contribution < -0.4 is 10.2 Å². The minimum absolute atomic E-state index is 0.0635. The minimum Gasteiger partial charge on any atom is -0.351 e. The molecular formula is C30H22FN5O2S2. The average molecular weight is 568 g/mol. The predicted octanol–water partition coefficient (Wildman–Crippen LogP) is 7.25. The number of hydrogen-bond acceptors (Lipinski definition) is 5. The van der Waals surface area contributed by atoms with Crippen LogP contribution in [0.3, 0.4) is 0 Å². The summed E-state index contributed by atoms with van der Waals surface area (Å²) in [5.41, 5.74) is 3.64. The van der Waals surface area contributed by atoms with Crippen molar-refractivity contribution in [1.29, 1.82) is 0 Å². The quantitative estimate of drug-likeness (QED) is 0.126. The molecule has 0 unspecified atom stereocenters. The van der Waals surface area contributed by atoms with Crippen LogP contribution in [0.1, 0.15) is 23.5 Å². The summed E-state index contributed by atoms with van der Waals surface area (Å²) >= 11 is 7.39. The zero-order chi connectivity index (χ0) is 27.6. The third kappa shape index (κ3) is 5.06. The fourth-order valence-corrected chi connectivity index (χ4v) is 6.01. The molecule has 0 amide bonds. The van der Waals surface area contributed by atoms with E-state index in [1.165, 1.54) is 36.0 Å². The summed E-state index contributed by atoms with van der Waals surface area (Å²) in [6.45, 7) is 0. The summed E-state index contributed by atoms with van der Waals surface area (Å²) in [5, 5.41) is 15.0. The fourth-order valence-electron chi connectivity index (χ4n) is 4.85. The van der Waals surface area contributed by atoms with Crippen LogP contribution in [0.15, 0.2) is 125 Å². The lowest BCUT2D eigenvalue weighted by Crippen LogP contribution is -2.30. The maximum absolute atomic E-state index is 13.7. The highest BCUT2D eigenvalue weighted by molar-refractivity contribution is 7.99. The highest BCUT2D eigenvalue weighted by atomic mass is 32.2. The smallest absolute Gasteiger partial charge is 0.269 e. The normalized spacial score (nSPS) is 16.6. The van der Waals surface area contributed by atoms with Crippen LogP contribution in [-0.4, -0.2) is 19.6 Å². The van der Waals surface area contributed by atoms with Gasteiger partial charge in [0.1, 0.15) is 11.9 Å². The van der Waals surface area contributed by atoms with E-state index in [9.17, 15) is 14.5 Å². The molecule has 198 valence electrons. The second-order valence-electron chi connectivity index (χ2n) is 9.12. The molecule has 1 saturated heterocycles. The van der Waals surface area contributed by atoms with Gasteiger partial charge in [0.2, 0.25) is 0 Å². The molecule has 10 heteroatoms. The predicted molar refractivity (Wildman–Crippen MR) is 157 cm³/mol. The average Bonchev–Trinajstić information content (AvgIpc) is 3.59. The molecule has 0 saturated carbocycles. The Labute approximate surface area is 239 Å². The molecule has 1 aliphatic rings. The van der Waals surface area contributed by atoms with Gasteiger partial charge < -0.3 is 14.8 Å². The number of benzene rings is 3. The highest BCUT2D eigenvalue weighted by Crippen LogP contribution is 2.43. The summed E-state index contributed by atoms with van der Waals surface area (Å²) in [7, 11) is 0. The van der Waals surface area contributed by atoms with Crippen molar-refractivity contribution in [3.63, 3.8) is 0 Å². The molecule has 3 aromatic carbocycles. The van der Waals surface area contributed by atoms with E-state index in [1.54, 1.807) is 30.5 Å². The molecule has 0 aliphatic carbocycles. The van der Waals surface area contributed by atoms with E-state index in [4.69, 9.17) is 12.2 Å². The Balaban J connectivity index is 1.35. The van der Waals surface area contributed by atoms with Crippen LogP contribution in [0.2, 0.25) is 0 Å². The molecule has 2 aromatic heterocycles. The van der Waals surface area contributed by atoms with Crippen molar-refractivity contribution in [2.24, 2.45) is 0 Å². The van der Waals surface area contributed by atoms with E-state index < -0.39 is 4.92 Å². The topological polar surface area (TPSA) is 76.2 Å². The number of nitrogens with one attached hydrogen (secondary N) is 1. The molecule has 3 heterocycles. The zero-order valence-electron chi connectivity index (χ0n) is 20.9. The number of thiocarbonyl (C=S) groups is 1. The second kappa shape index (κ2) is 10.9. The van der Waals surface area contributed by atoms with Crippen LogP contribution in [0.5, 0.6) is 0 Å². The third-order valence-electron chi connectivity index (χ3n) is 6.68. The molecule has 0 radical (unpaired) electrons. The van der Waals surface area contributed by atoms with Gasteiger partial charge in [0.15, 0.2) is 5.11 Å². The molecule has 7 nitrogen and oxygen atoms in total. The van der Waals surface area contributed by atoms with Gasteiger partial charge >= 0.3 is 0 Å². The van der Waals surface area contributed by atoms with E-state index in [1.807, 2.05) is 65.4 Å². The number of aromatic nitrogens is 2. The number of rotatable bonds is 7. The number of halogens is 1. The fraction of sp³-hybridized carbons (Fsp3) is 0.0667. The van der Waals surface area contributed by atoms with E-state index >= 15 is 0 Å². The summed E-state index contributed by atoms with van der Waals surface area (Å²) in [4.78, 5) is 19.2. The molecule has 2 atom stereocenters. The van der Waals surface area contributed by atoms with Crippen LogP contribution in [0.25, 0.3) is 5.69 Å². The maximum atomic E-state index is 13.7. The molecule has 1 fully saturated rings. The molecule has 1 aliphatic heterocycles. The number of nitrogens with zero attached hydrogens (tertiary/aromatic N) is 4. The first-order valence-corrected chi connectivity index (χ1v) is 13.7. The van der Waals surface area contributed by atoms with Gasteiger partial charge in [-0.1, -0.05) is 17.8 Å². The van der Waals surface area contributed by atoms with Crippen molar-refractivity contribution in [1.82, 2.24) is 14.9 Å². The lowest BCUT2D eigenvalue weighted by molar-refractivity contribution is -0.384. The Morgan fingerprint density at radius 2 is 1.55 bits per heavy atom. The third-order valence-corrected chi connectivity index (χ3v) is 8.01. The molecule has 0 spiro atoms. The molecule has 0 bridgehead atoms. The number of anilines is 1. The summed E-state index contributed by atoms with van der Waals surface area (Å²) in [6.07, 6.45) is 3.73. The van der Waals surface area contributed by atoms with Crippen LogP contribution in [0.4, 0.5) is 15.8 Å². The van der Waals surface area contributed by atoms with Gasteiger partial charge in [-0.3, -0.25) is 15.1 Å². The number of pyridine rings is 1. The number of nitro groups is 1. The lowest BCUT2D eigenvalue weighted by atomic mass is 10.0. The molecule has 40 heavy (non-hydrogen) atoms. The van der Waals surface area contributed by atoms with Crippen molar-refractivity contribution < 1.29 is 9.31 Å². The first kappa shape index (κ1) is 25.7. The number of nitro benzene ring substituents is 1. The van der Waals surface area contributed by atoms with Crippen molar-refractivity contribution in [3.8, 4) is 5.69 Å². The zero-order valence-corrected chi connectivity index (χ0v) is 22.6. The van der Waals surface area contributed by atoms with Gasteiger partial charge in [0, 0.05) is 51.4 Å². The Morgan fingerprint density at radius 3 is 2.20 bits per heavy atom. The minimum atomic E-state index is -0.405. The maximum Gasteiger partial charge on any atom is 0.269 e. The Bertz CT molecular complexity index is 1660. The summed E-state index contributed by atoms with van der Waals surface area (Å²) in [6, 6.07) is 30.3. The summed E-state index contributed by atoms with van der Waals surface area (Å²) < 4.78 is 15.7. The largest absolute Gasteiger partial charge is 0.351 e. The lowest BCUT2D eigenvalue weighted by Gasteiger charge is -2.29. The Hall–Kier alpha value is -4.54. The van der Waals surface area contributed by atoms with E-state index in [0.717, 1.165) is 32.6 Å². The van der Waals surface area contributed by atoms with Gasteiger partial charge in [0.25, 0.3) is 5.69 Å². The van der Waals surface area contributed by atoms with Gasteiger partial charge in [-0.25, -0.2) is 4.39 Å². The number of hydrogen-bond donors (Lipinski definition) is 1. The monoisotopic (exact) mass is 567 g/mol. The van der Waals surface area contributed by atoms with Gasteiger partial charge in [0.05, 0.1) is 16.7 Å². The van der Waals surface area contributed by atoms with Crippen molar-refractivity contribution in [2.75, 3.05) is 4.90 Å². The molecule has 1 N–H and O–H groups in total. The van der Waals surface area contributed by atoms with Crippen molar-refractivity contribution >= 4 is 40.5 Å². The van der Waals surface area contributed by atoms with Crippen LogP contribution in [0, 0.1) is 15.9 Å². The number of non-ortho nitro benzene ring substituents is 1. The van der Waals surface area contributed by atoms with E-state index in [0.29, 0.717) is 5.11 Å². The van der Waals surface area contributed by atoms with Gasteiger partial charge in [-0.05, 0) is 97.1 Å². The van der Waals surface area contributed by atoms with Gasteiger partial charge in [-0.2, -0.15) is 0 Å². The highest BCUT2D eigenvalue weighted by Gasteiger charge is 2.42. The Morgan fingerprint density at radius 1 is 0.875 bits per heavy atom. The summed E-state index contributed by atoms with van der Waals surface area (Å²) in [5.74, 6) is -0.291. The van der Waals surface area contributed by atoms with Crippen LogP contribution >= 0.6 is 24.0 Å². The molecular weight excluding hydrogens is 545 g/mol. The van der Waals surface area contributed by atoms with E-state index in [-0.39, 0.29) is 23.6 Å². The molecule has 6 rings (SSSR count). The first-order chi connectivity index (χ1) is 19.5. The van der Waals surface area contributed by atoms with E-state index in [2.05, 4.69) is 15.2 Å². The first-order valence-electron chi connectivity index (χ1n) is 12.4. The van der Waals surface area contributed by atoms with Crippen molar-refractivity contribution in [3.05, 3.63) is 143 Å².